The fraction of sp³-hybridized carbons (Fsp3) is 0.0545. The summed E-state index contributed by atoms with van der Waals surface area (Å²) in [4.78, 5) is 5.24. The van der Waals surface area contributed by atoms with E-state index in [1.54, 1.807) is 0 Å². The van der Waals surface area contributed by atoms with Crippen molar-refractivity contribution in [3.63, 3.8) is 0 Å². The molecule has 0 unspecified atom stereocenters. The highest BCUT2D eigenvalue weighted by atomic mass is 14.7. The average Bonchev–Trinajstić information content (AvgIpc) is 3.50. The van der Waals surface area contributed by atoms with Crippen molar-refractivity contribution in [1.82, 2.24) is 0 Å². The van der Waals surface area contributed by atoms with Crippen molar-refractivity contribution < 1.29 is 0 Å². The first kappa shape index (κ1) is 34.3. The zero-order valence-electron chi connectivity index (χ0n) is 32.0. The second-order valence-corrected chi connectivity index (χ2v) is 15.5. The fourth-order valence-electron chi connectivity index (χ4n) is 8.84. The van der Waals surface area contributed by atoms with Crippen LogP contribution in [-0.2, 0) is 5.41 Å². The Hall–Kier alpha value is -7.16. The quantitative estimate of drug-likeness (QED) is 0.159. The minimum absolute atomic E-state index is 0.119. The van der Waals surface area contributed by atoms with E-state index in [9.17, 15) is 0 Å². The van der Waals surface area contributed by atoms with Gasteiger partial charge in [-0.2, -0.15) is 0 Å². The van der Waals surface area contributed by atoms with Crippen molar-refractivity contribution in [3.05, 3.63) is 222 Å². The Labute approximate surface area is 333 Å². The molecule has 2 heteroatoms. The molecule has 1 aliphatic carbocycles. The lowest BCUT2D eigenvalue weighted by Gasteiger charge is -2.22. The molecule has 57 heavy (non-hydrogen) atoms. The highest BCUT2D eigenvalue weighted by molar-refractivity contribution is 6.13. The molecule has 0 fully saturated rings. The van der Waals surface area contributed by atoms with Gasteiger partial charge in [-0.25, -0.2) is 0 Å². The monoisotopic (exact) mass is 728 g/mol. The van der Waals surface area contributed by atoms with Gasteiger partial charge in [0.2, 0.25) is 0 Å². The van der Waals surface area contributed by atoms with E-state index in [1.165, 1.54) is 60.3 Å². The number of aliphatic imine (C=N–C) groups is 1. The molecule has 1 aliphatic rings. The lowest BCUT2D eigenvalue weighted by Crippen LogP contribution is -2.15. The summed E-state index contributed by atoms with van der Waals surface area (Å²) in [5.41, 5.74) is 13.9. The van der Waals surface area contributed by atoms with Crippen LogP contribution in [-0.4, -0.2) is 11.9 Å². The number of hydrogen-bond donors (Lipinski definition) is 1. The minimum atomic E-state index is -0.119. The second-order valence-electron chi connectivity index (χ2n) is 15.5. The van der Waals surface area contributed by atoms with Gasteiger partial charge in [0.1, 0.15) is 0 Å². The van der Waals surface area contributed by atoms with Crippen LogP contribution in [0.4, 0.5) is 0 Å². The molecule has 0 bridgehead atoms. The van der Waals surface area contributed by atoms with Crippen LogP contribution < -0.4 is 0 Å². The van der Waals surface area contributed by atoms with E-state index in [2.05, 4.69) is 172 Å². The van der Waals surface area contributed by atoms with Crippen molar-refractivity contribution in [3.8, 4) is 33.4 Å². The Balaban J connectivity index is 1.07. The van der Waals surface area contributed by atoms with E-state index >= 15 is 0 Å². The molecular weight excluding hydrogens is 689 g/mol. The molecule has 0 saturated heterocycles. The molecule has 10 rings (SSSR count). The average molecular weight is 729 g/mol. The SMILES string of the molecule is CC1(C)c2cc(-c3ccc(C=N/C(=C\C(=N)c4ccccc4)c4ccccc4-c4ccc5ccccc5c4)c4ccccc34)ccc2-c2c1ccc1ccccc21. The third-order valence-corrected chi connectivity index (χ3v) is 11.8. The third kappa shape index (κ3) is 5.98. The van der Waals surface area contributed by atoms with Crippen LogP contribution in [0.1, 0.15) is 41.7 Å². The van der Waals surface area contributed by atoms with Crippen LogP contribution in [0.25, 0.3) is 71.4 Å². The van der Waals surface area contributed by atoms with Gasteiger partial charge in [0.05, 0.1) is 11.4 Å². The Kier molecular flexibility index (Phi) is 8.34. The zero-order valence-corrected chi connectivity index (χ0v) is 32.0. The molecule has 1 N–H and O–H groups in total. The fourth-order valence-corrected chi connectivity index (χ4v) is 8.84. The summed E-state index contributed by atoms with van der Waals surface area (Å²) < 4.78 is 0. The van der Waals surface area contributed by atoms with Crippen LogP contribution in [0.3, 0.4) is 0 Å². The molecule has 0 saturated carbocycles. The molecular formula is C55H40N2. The van der Waals surface area contributed by atoms with Gasteiger partial charge >= 0.3 is 0 Å². The van der Waals surface area contributed by atoms with Crippen LogP contribution in [0.2, 0.25) is 0 Å². The minimum Gasteiger partial charge on any atom is -0.300 e. The van der Waals surface area contributed by atoms with E-state index in [1.807, 2.05) is 42.6 Å². The summed E-state index contributed by atoms with van der Waals surface area (Å²) in [6, 6.07) is 66.8. The predicted octanol–water partition coefficient (Wildman–Crippen LogP) is 14.3. The molecule has 0 amide bonds. The molecule has 9 aromatic rings. The van der Waals surface area contributed by atoms with Crippen molar-refractivity contribution >= 4 is 49.9 Å². The molecule has 0 spiro atoms. The third-order valence-electron chi connectivity index (χ3n) is 11.8. The van der Waals surface area contributed by atoms with Gasteiger partial charge in [-0.1, -0.05) is 190 Å². The van der Waals surface area contributed by atoms with Crippen LogP contribution >= 0.6 is 0 Å². The summed E-state index contributed by atoms with van der Waals surface area (Å²) in [5, 5.41) is 16.4. The number of allylic oxidation sites excluding steroid dienone is 1. The summed E-state index contributed by atoms with van der Waals surface area (Å²) in [6.45, 7) is 4.71. The van der Waals surface area contributed by atoms with E-state index in [4.69, 9.17) is 10.4 Å². The molecule has 9 aromatic carbocycles. The van der Waals surface area contributed by atoms with Crippen molar-refractivity contribution in [1.29, 1.82) is 5.41 Å². The topological polar surface area (TPSA) is 36.2 Å². The van der Waals surface area contributed by atoms with Gasteiger partial charge < -0.3 is 5.41 Å². The lowest BCUT2D eigenvalue weighted by molar-refractivity contribution is 0.661. The standard InChI is InChI=1S/C55H40N2/c1-55(2)50-31-28-37-15-8-9-21-46(37)54(50)49-30-26-41(33-51(49)55)45-29-27-42(44-20-10-12-22-47(44)45)35-57-53(34-52(56)38-16-4-3-5-17-38)48-23-13-11-19-43(48)40-25-24-36-14-6-7-18-39(36)32-40/h3-35,56H,1-2H3/b53-34-,56-52?,57-35?. The first-order valence-corrected chi connectivity index (χ1v) is 19.6. The number of nitrogens with one attached hydrogen (secondary N) is 1. The summed E-state index contributed by atoms with van der Waals surface area (Å²) >= 11 is 0. The largest absolute Gasteiger partial charge is 0.300 e. The number of rotatable bonds is 7. The smallest absolute Gasteiger partial charge is 0.0729 e. The van der Waals surface area contributed by atoms with Crippen molar-refractivity contribution in [2.45, 2.75) is 19.3 Å². The number of nitrogens with zero attached hydrogens (tertiary/aromatic N) is 1. The highest BCUT2D eigenvalue weighted by Gasteiger charge is 2.36. The summed E-state index contributed by atoms with van der Waals surface area (Å²) in [7, 11) is 0. The molecule has 0 heterocycles. The van der Waals surface area contributed by atoms with Gasteiger partial charge in [0.15, 0.2) is 0 Å². The normalized spacial score (nSPS) is 13.3. The maximum Gasteiger partial charge on any atom is 0.0729 e. The highest BCUT2D eigenvalue weighted by Crippen LogP contribution is 2.52. The first-order chi connectivity index (χ1) is 27.9. The molecule has 2 nitrogen and oxygen atoms in total. The van der Waals surface area contributed by atoms with Crippen molar-refractivity contribution in [2.75, 3.05) is 0 Å². The second kappa shape index (κ2) is 13.8. The van der Waals surface area contributed by atoms with E-state index in [0.29, 0.717) is 5.71 Å². The number of fused-ring (bicyclic) bond motifs is 7. The molecule has 0 aromatic heterocycles. The maximum atomic E-state index is 9.14. The van der Waals surface area contributed by atoms with Gasteiger partial charge in [-0.05, 0) is 101 Å². The van der Waals surface area contributed by atoms with Gasteiger partial charge in [0.25, 0.3) is 0 Å². The predicted molar refractivity (Wildman–Crippen MR) is 243 cm³/mol. The Bertz CT molecular complexity index is 3110. The van der Waals surface area contributed by atoms with Gasteiger partial charge in [-0.3, -0.25) is 4.99 Å². The van der Waals surface area contributed by atoms with Crippen LogP contribution in [0, 0.1) is 5.41 Å². The molecule has 270 valence electrons. The van der Waals surface area contributed by atoms with E-state index in [0.717, 1.165) is 38.9 Å². The van der Waals surface area contributed by atoms with Gasteiger partial charge in [-0.15, -0.1) is 0 Å². The van der Waals surface area contributed by atoms with Crippen molar-refractivity contribution in [2.24, 2.45) is 4.99 Å². The molecule has 0 aliphatic heterocycles. The van der Waals surface area contributed by atoms with E-state index < -0.39 is 0 Å². The van der Waals surface area contributed by atoms with Crippen LogP contribution in [0.15, 0.2) is 199 Å². The Morgan fingerprint density at radius 1 is 0.491 bits per heavy atom. The Morgan fingerprint density at radius 3 is 1.96 bits per heavy atom. The maximum absolute atomic E-state index is 9.14. The zero-order chi connectivity index (χ0) is 38.5. The first-order valence-electron chi connectivity index (χ1n) is 19.6. The Morgan fingerprint density at radius 2 is 1.12 bits per heavy atom. The summed E-state index contributed by atoms with van der Waals surface area (Å²) in [5.74, 6) is 0. The summed E-state index contributed by atoms with van der Waals surface area (Å²) in [6.07, 6.45) is 3.87. The van der Waals surface area contributed by atoms with Gasteiger partial charge in [0, 0.05) is 22.8 Å². The molecule has 0 radical (unpaired) electrons. The molecule has 0 atom stereocenters. The number of hydrogen-bond acceptors (Lipinski definition) is 2. The lowest BCUT2D eigenvalue weighted by atomic mass is 9.81. The number of benzene rings is 9. The van der Waals surface area contributed by atoms with E-state index in [-0.39, 0.29) is 5.41 Å². The van der Waals surface area contributed by atoms with Crippen LogP contribution in [0.5, 0.6) is 0 Å².